The van der Waals surface area contributed by atoms with Gasteiger partial charge in [-0.1, -0.05) is 0 Å². The number of nitrogens with one attached hydrogen (secondary N) is 1. The predicted octanol–water partition coefficient (Wildman–Crippen LogP) is 1.52. The van der Waals surface area contributed by atoms with Gasteiger partial charge >= 0.3 is 6.03 Å². The first-order chi connectivity index (χ1) is 8.25. The molecule has 2 amide bonds. The molecule has 2 heterocycles. The third-order valence-electron chi connectivity index (χ3n) is 4.02. The van der Waals surface area contributed by atoms with E-state index in [2.05, 4.69) is 17.3 Å². The Bertz CT molecular complexity index is 243. The Balaban J connectivity index is 1.65. The van der Waals surface area contributed by atoms with Gasteiger partial charge in [-0.05, 0) is 58.2 Å². The Hall–Kier alpha value is -0.770. The number of amides is 2. The maximum Gasteiger partial charge on any atom is 0.317 e. The van der Waals surface area contributed by atoms with E-state index in [1.54, 1.807) is 0 Å². The molecule has 98 valence electrons. The number of carbonyl (C=O) groups excluding carboxylic acids is 1. The van der Waals surface area contributed by atoms with Gasteiger partial charge in [-0.15, -0.1) is 0 Å². The Morgan fingerprint density at radius 1 is 1.12 bits per heavy atom. The summed E-state index contributed by atoms with van der Waals surface area (Å²) in [6, 6.07) is 0.156. The Labute approximate surface area is 104 Å². The molecule has 0 radical (unpaired) electrons. The third-order valence-corrected chi connectivity index (χ3v) is 4.02. The number of nitrogens with zero attached hydrogens (tertiary/aromatic N) is 2. The molecular weight excluding hydrogens is 214 g/mol. The molecule has 0 aromatic heterocycles. The summed E-state index contributed by atoms with van der Waals surface area (Å²) < 4.78 is 0. The van der Waals surface area contributed by atoms with Gasteiger partial charge in [0, 0.05) is 19.6 Å². The Morgan fingerprint density at radius 3 is 2.41 bits per heavy atom. The van der Waals surface area contributed by atoms with Crippen molar-refractivity contribution in [3.63, 3.8) is 0 Å². The summed E-state index contributed by atoms with van der Waals surface area (Å²) in [6.07, 6.45) is 6.05. The molecule has 17 heavy (non-hydrogen) atoms. The summed E-state index contributed by atoms with van der Waals surface area (Å²) in [4.78, 5) is 16.2. The highest BCUT2D eigenvalue weighted by Crippen LogP contribution is 2.15. The van der Waals surface area contributed by atoms with Gasteiger partial charge in [0.25, 0.3) is 0 Å². The predicted molar refractivity (Wildman–Crippen MR) is 69.0 cm³/mol. The fraction of sp³-hybridized carbons (Fsp3) is 0.923. The molecule has 0 aromatic carbocycles. The van der Waals surface area contributed by atoms with Gasteiger partial charge in [0.2, 0.25) is 0 Å². The normalized spacial score (nSPS) is 23.7. The molecular formula is C13H25N3O. The Kier molecular flexibility index (Phi) is 4.66. The molecule has 0 unspecified atom stereocenters. The minimum absolute atomic E-state index is 0.156. The lowest BCUT2D eigenvalue weighted by Crippen LogP contribution is -2.45. The van der Waals surface area contributed by atoms with Crippen LogP contribution >= 0.6 is 0 Å². The fourth-order valence-corrected chi connectivity index (χ4v) is 2.71. The van der Waals surface area contributed by atoms with Crippen LogP contribution in [0, 0.1) is 5.92 Å². The fourth-order valence-electron chi connectivity index (χ4n) is 2.71. The number of carbonyl (C=O) groups is 1. The van der Waals surface area contributed by atoms with Crippen molar-refractivity contribution >= 4 is 6.03 Å². The minimum Gasteiger partial charge on any atom is -0.338 e. The van der Waals surface area contributed by atoms with Crippen molar-refractivity contribution in [2.24, 2.45) is 5.92 Å². The van der Waals surface area contributed by atoms with Crippen LogP contribution in [0.3, 0.4) is 0 Å². The van der Waals surface area contributed by atoms with E-state index in [9.17, 15) is 4.79 Å². The van der Waals surface area contributed by atoms with Crippen LogP contribution in [0.1, 0.15) is 32.1 Å². The number of hydrogen-bond acceptors (Lipinski definition) is 2. The molecule has 0 aromatic rings. The zero-order valence-corrected chi connectivity index (χ0v) is 11.0. The minimum atomic E-state index is 0.156. The molecule has 0 aliphatic carbocycles. The smallest absolute Gasteiger partial charge is 0.317 e. The van der Waals surface area contributed by atoms with Crippen molar-refractivity contribution in [3.8, 4) is 0 Å². The van der Waals surface area contributed by atoms with Crippen molar-refractivity contribution in [3.05, 3.63) is 0 Å². The second kappa shape index (κ2) is 6.24. The molecule has 0 atom stereocenters. The van der Waals surface area contributed by atoms with Gasteiger partial charge in [0.15, 0.2) is 0 Å². The van der Waals surface area contributed by atoms with E-state index in [-0.39, 0.29) is 6.03 Å². The largest absolute Gasteiger partial charge is 0.338 e. The molecule has 0 spiro atoms. The van der Waals surface area contributed by atoms with Crippen molar-refractivity contribution < 1.29 is 4.79 Å². The second-order valence-corrected chi connectivity index (χ2v) is 5.48. The zero-order valence-electron chi connectivity index (χ0n) is 11.0. The van der Waals surface area contributed by atoms with Gasteiger partial charge in [-0.3, -0.25) is 0 Å². The summed E-state index contributed by atoms with van der Waals surface area (Å²) >= 11 is 0. The molecule has 4 nitrogen and oxygen atoms in total. The van der Waals surface area contributed by atoms with E-state index in [0.717, 1.165) is 19.6 Å². The summed E-state index contributed by atoms with van der Waals surface area (Å²) in [5.41, 5.74) is 0. The molecule has 0 saturated carbocycles. The van der Waals surface area contributed by atoms with Crippen LogP contribution in [-0.2, 0) is 0 Å². The van der Waals surface area contributed by atoms with Gasteiger partial charge < -0.3 is 15.1 Å². The first-order valence-electron chi connectivity index (χ1n) is 6.97. The summed E-state index contributed by atoms with van der Waals surface area (Å²) in [5.74, 6) is 0.681. The maximum atomic E-state index is 11.9. The SMILES string of the molecule is CN1CCC(CNC(=O)N2CCCCC2)CC1. The Morgan fingerprint density at radius 2 is 1.76 bits per heavy atom. The van der Waals surface area contributed by atoms with Crippen LogP contribution in [0.2, 0.25) is 0 Å². The molecule has 4 heteroatoms. The topological polar surface area (TPSA) is 35.6 Å². The third kappa shape index (κ3) is 3.87. The molecule has 1 N–H and O–H groups in total. The summed E-state index contributed by atoms with van der Waals surface area (Å²) in [7, 11) is 2.17. The highest BCUT2D eigenvalue weighted by Gasteiger charge is 2.20. The zero-order chi connectivity index (χ0) is 12.1. The molecule has 0 bridgehead atoms. The standard InChI is InChI=1S/C13H25N3O/c1-15-9-5-12(6-10-15)11-14-13(17)16-7-3-2-4-8-16/h12H,2-11H2,1H3,(H,14,17). The monoisotopic (exact) mass is 239 g/mol. The van der Waals surface area contributed by atoms with Crippen LogP contribution in [-0.4, -0.2) is 55.6 Å². The van der Waals surface area contributed by atoms with Crippen molar-refractivity contribution in [1.29, 1.82) is 0 Å². The van der Waals surface area contributed by atoms with Crippen molar-refractivity contribution in [1.82, 2.24) is 15.1 Å². The first-order valence-corrected chi connectivity index (χ1v) is 6.97. The maximum absolute atomic E-state index is 11.9. The van der Waals surface area contributed by atoms with E-state index in [1.807, 2.05) is 4.90 Å². The average Bonchev–Trinajstić information content (AvgIpc) is 2.39. The van der Waals surface area contributed by atoms with Crippen molar-refractivity contribution in [2.45, 2.75) is 32.1 Å². The lowest BCUT2D eigenvalue weighted by atomic mass is 9.97. The molecule has 2 saturated heterocycles. The molecule has 2 fully saturated rings. The van der Waals surface area contributed by atoms with Crippen LogP contribution in [0.5, 0.6) is 0 Å². The summed E-state index contributed by atoms with van der Waals surface area (Å²) in [6.45, 7) is 5.09. The highest BCUT2D eigenvalue weighted by molar-refractivity contribution is 5.74. The van der Waals surface area contributed by atoms with E-state index < -0.39 is 0 Å². The molecule has 2 aliphatic heterocycles. The quantitative estimate of drug-likeness (QED) is 0.793. The van der Waals surface area contributed by atoms with E-state index in [1.165, 1.54) is 45.2 Å². The number of hydrogen-bond donors (Lipinski definition) is 1. The summed E-state index contributed by atoms with van der Waals surface area (Å²) in [5, 5.41) is 3.11. The second-order valence-electron chi connectivity index (χ2n) is 5.48. The molecule has 2 rings (SSSR count). The van der Waals surface area contributed by atoms with Crippen molar-refractivity contribution in [2.75, 3.05) is 39.8 Å². The van der Waals surface area contributed by atoms with Crippen LogP contribution in [0.4, 0.5) is 4.79 Å². The van der Waals surface area contributed by atoms with Gasteiger partial charge in [0.1, 0.15) is 0 Å². The highest BCUT2D eigenvalue weighted by atomic mass is 16.2. The van der Waals surface area contributed by atoms with Crippen LogP contribution in [0.15, 0.2) is 0 Å². The number of piperidine rings is 2. The molecule has 2 aliphatic rings. The number of rotatable bonds is 2. The van der Waals surface area contributed by atoms with Gasteiger partial charge in [-0.25, -0.2) is 4.79 Å². The van der Waals surface area contributed by atoms with Gasteiger partial charge in [0.05, 0.1) is 0 Å². The van der Waals surface area contributed by atoms with E-state index in [4.69, 9.17) is 0 Å². The first kappa shape index (κ1) is 12.7. The number of urea groups is 1. The van der Waals surface area contributed by atoms with Crippen LogP contribution < -0.4 is 5.32 Å². The van der Waals surface area contributed by atoms with E-state index >= 15 is 0 Å². The van der Waals surface area contributed by atoms with Gasteiger partial charge in [-0.2, -0.15) is 0 Å². The number of likely N-dealkylation sites (tertiary alicyclic amines) is 2. The van der Waals surface area contributed by atoms with Crippen LogP contribution in [0.25, 0.3) is 0 Å². The average molecular weight is 239 g/mol. The lowest BCUT2D eigenvalue weighted by Gasteiger charge is -2.31. The lowest BCUT2D eigenvalue weighted by molar-refractivity contribution is 0.177. The van der Waals surface area contributed by atoms with E-state index in [0.29, 0.717) is 5.92 Å².